The minimum Gasteiger partial charge on any atom is -0.333 e. The van der Waals surface area contributed by atoms with E-state index in [-0.39, 0.29) is 17.5 Å². The van der Waals surface area contributed by atoms with Gasteiger partial charge in [-0.25, -0.2) is 4.39 Å². The second kappa shape index (κ2) is 6.35. The molecule has 110 valence electrons. The van der Waals surface area contributed by atoms with Crippen LogP contribution in [0, 0.1) is 12.7 Å². The van der Waals surface area contributed by atoms with Gasteiger partial charge in [-0.2, -0.15) is 0 Å². The summed E-state index contributed by atoms with van der Waals surface area (Å²) in [4.78, 5) is 14.5. The van der Waals surface area contributed by atoms with E-state index in [0.717, 1.165) is 24.9 Å². The van der Waals surface area contributed by atoms with Gasteiger partial charge in [-0.1, -0.05) is 19.9 Å². The van der Waals surface area contributed by atoms with Crippen molar-refractivity contribution in [1.82, 2.24) is 10.2 Å². The highest BCUT2D eigenvalue weighted by Crippen LogP contribution is 2.18. The monoisotopic (exact) mass is 278 g/mol. The number of benzene rings is 1. The van der Waals surface area contributed by atoms with Crippen molar-refractivity contribution in [3.8, 4) is 0 Å². The first-order valence-corrected chi connectivity index (χ1v) is 7.37. The van der Waals surface area contributed by atoms with Crippen molar-refractivity contribution in [3.05, 3.63) is 35.1 Å². The number of nitrogens with one attached hydrogen (secondary N) is 1. The number of hydrogen-bond donors (Lipinski definition) is 1. The van der Waals surface area contributed by atoms with Crippen molar-refractivity contribution < 1.29 is 9.18 Å². The van der Waals surface area contributed by atoms with Crippen LogP contribution in [0.15, 0.2) is 18.2 Å². The third-order valence-electron chi connectivity index (χ3n) is 4.08. The SMILES string of the molecule is CCC1CN(C(=O)c2ccc(C)cc2F)C(CC)CN1. The van der Waals surface area contributed by atoms with Crippen LogP contribution in [0.2, 0.25) is 0 Å². The average Bonchev–Trinajstić information content (AvgIpc) is 2.46. The van der Waals surface area contributed by atoms with E-state index in [0.29, 0.717) is 12.6 Å². The molecule has 0 aliphatic carbocycles. The number of hydrogen-bond acceptors (Lipinski definition) is 2. The van der Waals surface area contributed by atoms with E-state index in [2.05, 4.69) is 19.2 Å². The largest absolute Gasteiger partial charge is 0.333 e. The quantitative estimate of drug-likeness (QED) is 0.922. The lowest BCUT2D eigenvalue weighted by molar-refractivity contribution is 0.0571. The molecule has 2 atom stereocenters. The van der Waals surface area contributed by atoms with Crippen molar-refractivity contribution in [2.75, 3.05) is 13.1 Å². The zero-order valence-electron chi connectivity index (χ0n) is 12.4. The van der Waals surface area contributed by atoms with Gasteiger partial charge in [0.1, 0.15) is 5.82 Å². The molecule has 1 aliphatic heterocycles. The fourth-order valence-corrected chi connectivity index (χ4v) is 2.70. The number of carbonyl (C=O) groups is 1. The molecule has 4 heteroatoms. The summed E-state index contributed by atoms with van der Waals surface area (Å²) in [6.45, 7) is 7.42. The predicted molar refractivity (Wildman–Crippen MR) is 78.3 cm³/mol. The maximum absolute atomic E-state index is 14.0. The van der Waals surface area contributed by atoms with Gasteiger partial charge in [0.2, 0.25) is 0 Å². The van der Waals surface area contributed by atoms with Gasteiger partial charge in [-0.15, -0.1) is 0 Å². The van der Waals surface area contributed by atoms with Crippen LogP contribution < -0.4 is 5.32 Å². The molecule has 1 aliphatic rings. The highest BCUT2D eigenvalue weighted by atomic mass is 19.1. The number of nitrogens with zero attached hydrogens (tertiary/aromatic N) is 1. The molecule has 20 heavy (non-hydrogen) atoms. The Kier molecular flexibility index (Phi) is 4.76. The molecule has 1 fully saturated rings. The third kappa shape index (κ3) is 3.01. The molecule has 0 bridgehead atoms. The van der Waals surface area contributed by atoms with Crippen molar-refractivity contribution in [3.63, 3.8) is 0 Å². The lowest BCUT2D eigenvalue weighted by atomic mass is 10.0. The molecule has 1 amide bonds. The molecule has 1 aromatic rings. The van der Waals surface area contributed by atoms with Crippen LogP contribution in [0.1, 0.15) is 42.6 Å². The zero-order chi connectivity index (χ0) is 14.7. The van der Waals surface area contributed by atoms with Gasteiger partial charge in [0.05, 0.1) is 5.56 Å². The number of halogens is 1. The van der Waals surface area contributed by atoms with Gasteiger partial charge in [0.15, 0.2) is 0 Å². The van der Waals surface area contributed by atoms with E-state index in [9.17, 15) is 9.18 Å². The van der Waals surface area contributed by atoms with Crippen LogP contribution in [-0.4, -0.2) is 36.0 Å². The smallest absolute Gasteiger partial charge is 0.257 e. The minimum absolute atomic E-state index is 0.144. The van der Waals surface area contributed by atoms with Crippen LogP contribution in [0.5, 0.6) is 0 Å². The highest BCUT2D eigenvalue weighted by Gasteiger charge is 2.31. The number of amides is 1. The maximum Gasteiger partial charge on any atom is 0.257 e. The predicted octanol–water partition coefficient (Wildman–Crippen LogP) is 2.74. The van der Waals surface area contributed by atoms with Crippen LogP contribution in [0.4, 0.5) is 4.39 Å². The Morgan fingerprint density at radius 3 is 2.75 bits per heavy atom. The Morgan fingerprint density at radius 1 is 1.40 bits per heavy atom. The van der Waals surface area contributed by atoms with Gasteiger partial charge in [-0.05, 0) is 37.5 Å². The molecule has 0 saturated carbocycles. The molecule has 1 saturated heterocycles. The first-order chi connectivity index (χ1) is 9.56. The Labute approximate surface area is 120 Å². The summed E-state index contributed by atoms with van der Waals surface area (Å²) in [5, 5.41) is 3.44. The van der Waals surface area contributed by atoms with E-state index in [1.807, 2.05) is 11.8 Å². The van der Waals surface area contributed by atoms with Crippen molar-refractivity contribution in [2.24, 2.45) is 0 Å². The number of carbonyl (C=O) groups excluding carboxylic acids is 1. The molecule has 2 unspecified atom stereocenters. The van der Waals surface area contributed by atoms with Crippen molar-refractivity contribution >= 4 is 5.91 Å². The second-order valence-electron chi connectivity index (χ2n) is 5.52. The van der Waals surface area contributed by atoms with Gasteiger partial charge >= 0.3 is 0 Å². The van der Waals surface area contributed by atoms with E-state index in [4.69, 9.17) is 0 Å². The molecule has 0 aromatic heterocycles. The first-order valence-electron chi connectivity index (χ1n) is 7.37. The van der Waals surface area contributed by atoms with E-state index >= 15 is 0 Å². The van der Waals surface area contributed by atoms with Crippen molar-refractivity contribution in [1.29, 1.82) is 0 Å². The lowest BCUT2D eigenvalue weighted by Gasteiger charge is -2.40. The highest BCUT2D eigenvalue weighted by molar-refractivity contribution is 5.94. The molecular weight excluding hydrogens is 255 g/mol. The fraction of sp³-hybridized carbons (Fsp3) is 0.562. The summed E-state index contributed by atoms with van der Waals surface area (Å²) in [7, 11) is 0. The van der Waals surface area contributed by atoms with Crippen LogP contribution in [0.3, 0.4) is 0 Å². The molecule has 1 aromatic carbocycles. The van der Waals surface area contributed by atoms with Crippen LogP contribution >= 0.6 is 0 Å². The second-order valence-corrected chi connectivity index (χ2v) is 5.52. The summed E-state index contributed by atoms with van der Waals surface area (Å²) in [5.41, 5.74) is 1.02. The fourth-order valence-electron chi connectivity index (χ4n) is 2.70. The summed E-state index contributed by atoms with van der Waals surface area (Å²) >= 11 is 0. The first kappa shape index (κ1) is 15.0. The topological polar surface area (TPSA) is 32.3 Å². The Morgan fingerprint density at radius 2 is 2.15 bits per heavy atom. The van der Waals surface area contributed by atoms with Gasteiger partial charge in [0, 0.05) is 25.2 Å². The molecular formula is C16H23FN2O. The van der Waals surface area contributed by atoms with E-state index in [1.165, 1.54) is 6.07 Å². The Balaban J connectivity index is 2.24. The molecule has 2 rings (SSSR count). The van der Waals surface area contributed by atoms with E-state index in [1.54, 1.807) is 12.1 Å². The van der Waals surface area contributed by atoms with Crippen molar-refractivity contribution in [2.45, 2.75) is 45.7 Å². The molecule has 1 heterocycles. The molecule has 3 nitrogen and oxygen atoms in total. The summed E-state index contributed by atoms with van der Waals surface area (Å²) in [6, 6.07) is 5.26. The lowest BCUT2D eigenvalue weighted by Crippen LogP contribution is -2.58. The zero-order valence-corrected chi connectivity index (χ0v) is 12.4. The van der Waals surface area contributed by atoms with Gasteiger partial charge < -0.3 is 10.2 Å². The van der Waals surface area contributed by atoms with Gasteiger partial charge in [-0.3, -0.25) is 4.79 Å². The Bertz CT molecular complexity index is 489. The standard InChI is InChI=1S/C16H23FN2O/c1-4-12-10-19(13(5-2)9-18-12)16(20)14-7-6-11(3)8-15(14)17/h6-8,12-13,18H,4-5,9-10H2,1-3H3. The summed E-state index contributed by atoms with van der Waals surface area (Å²) in [6.07, 6.45) is 1.85. The number of aryl methyl sites for hydroxylation is 1. The molecule has 0 radical (unpaired) electrons. The average molecular weight is 278 g/mol. The van der Waals surface area contributed by atoms with E-state index < -0.39 is 5.82 Å². The summed E-state index contributed by atoms with van der Waals surface area (Å²) < 4.78 is 14.0. The van der Waals surface area contributed by atoms with Gasteiger partial charge in [0.25, 0.3) is 5.91 Å². The van der Waals surface area contributed by atoms with Crippen LogP contribution in [-0.2, 0) is 0 Å². The van der Waals surface area contributed by atoms with Crippen LogP contribution in [0.25, 0.3) is 0 Å². The third-order valence-corrected chi connectivity index (χ3v) is 4.08. The summed E-state index contributed by atoms with van der Waals surface area (Å²) in [5.74, 6) is -0.606. The maximum atomic E-state index is 14.0. The Hall–Kier alpha value is -1.42. The number of piperazine rings is 1. The number of rotatable bonds is 3. The minimum atomic E-state index is -0.420. The molecule has 1 N–H and O–H groups in total. The normalized spacial score (nSPS) is 22.9. The molecule has 0 spiro atoms.